The fourth-order valence-corrected chi connectivity index (χ4v) is 1.91. The third kappa shape index (κ3) is 3.60. The maximum Gasteiger partial charge on any atom is 0.519 e. The van der Waals surface area contributed by atoms with Crippen molar-refractivity contribution in [3.05, 3.63) is 59.2 Å². The van der Waals surface area contributed by atoms with Crippen LogP contribution in [0.1, 0.15) is 23.6 Å². The van der Waals surface area contributed by atoms with E-state index in [4.69, 9.17) is 9.47 Å². The average molecular weight is 270 g/mol. The normalized spacial score (nSPS) is 10.2. The molecule has 0 aromatic heterocycles. The molecule has 0 aliphatic heterocycles. The molecular formula is C17H18O3. The molecule has 0 unspecified atom stereocenters. The second-order valence-electron chi connectivity index (χ2n) is 4.72. The van der Waals surface area contributed by atoms with Gasteiger partial charge in [-0.1, -0.05) is 36.8 Å². The molecule has 2 aromatic rings. The van der Waals surface area contributed by atoms with E-state index >= 15 is 0 Å². The van der Waals surface area contributed by atoms with Crippen molar-refractivity contribution in [3.63, 3.8) is 0 Å². The van der Waals surface area contributed by atoms with Crippen LogP contribution in [0.2, 0.25) is 0 Å². The summed E-state index contributed by atoms with van der Waals surface area (Å²) in [7, 11) is 0. The van der Waals surface area contributed by atoms with Crippen LogP contribution in [-0.4, -0.2) is 6.16 Å². The molecular weight excluding hydrogens is 252 g/mol. The summed E-state index contributed by atoms with van der Waals surface area (Å²) >= 11 is 0. The SMILES string of the molecule is CCc1ccc(OC(=O)Oc2ccc(C)cc2C)cc1. The van der Waals surface area contributed by atoms with Gasteiger partial charge in [0.05, 0.1) is 0 Å². The highest BCUT2D eigenvalue weighted by molar-refractivity contribution is 5.67. The zero-order chi connectivity index (χ0) is 14.5. The van der Waals surface area contributed by atoms with Gasteiger partial charge >= 0.3 is 6.16 Å². The maximum atomic E-state index is 11.7. The molecule has 0 saturated heterocycles. The predicted octanol–water partition coefficient (Wildman–Crippen LogP) is 4.44. The van der Waals surface area contributed by atoms with Crippen molar-refractivity contribution in [3.8, 4) is 11.5 Å². The summed E-state index contributed by atoms with van der Waals surface area (Å²) in [6, 6.07) is 13.0. The Morgan fingerprint density at radius 2 is 1.70 bits per heavy atom. The molecule has 0 amide bonds. The zero-order valence-corrected chi connectivity index (χ0v) is 12.0. The maximum absolute atomic E-state index is 11.7. The van der Waals surface area contributed by atoms with E-state index < -0.39 is 6.16 Å². The number of aryl methyl sites for hydroxylation is 3. The number of ether oxygens (including phenoxy) is 2. The number of rotatable bonds is 3. The highest BCUT2D eigenvalue weighted by Crippen LogP contribution is 2.20. The Kier molecular flexibility index (Phi) is 4.41. The minimum Gasteiger partial charge on any atom is -0.395 e. The zero-order valence-electron chi connectivity index (χ0n) is 12.0. The number of benzene rings is 2. The van der Waals surface area contributed by atoms with Crippen molar-refractivity contribution in [2.24, 2.45) is 0 Å². The summed E-state index contributed by atoms with van der Waals surface area (Å²) in [5.41, 5.74) is 3.22. The molecule has 0 radical (unpaired) electrons. The topological polar surface area (TPSA) is 35.5 Å². The third-order valence-electron chi connectivity index (χ3n) is 3.06. The van der Waals surface area contributed by atoms with Gasteiger partial charge in [0.2, 0.25) is 0 Å². The van der Waals surface area contributed by atoms with E-state index in [2.05, 4.69) is 6.92 Å². The molecule has 0 heterocycles. The van der Waals surface area contributed by atoms with Crippen LogP contribution in [0.5, 0.6) is 11.5 Å². The minimum atomic E-state index is -0.721. The van der Waals surface area contributed by atoms with Gasteiger partial charge in [0.15, 0.2) is 0 Å². The van der Waals surface area contributed by atoms with Crippen LogP contribution in [0.3, 0.4) is 0 Å². The van der Waals surface area contributed by atoms with Gasteiger partial charge < -0.3 is 9.47 Å². The lowest BCUT2D eigenvalue weighted by Gasteiger charge is -2.08. The first kappa shape index (κ1) is 14.1. The van der Waals surface area contributed by atoms with Gasteiger partial charge in [0.25, 0.3) is 0 Å². The molecule has 0 bridgehead atoms. The lowest BCUT2D eigenvalue weighted by atomic mass is 10.1. The molecule has 0 fully saturated rings. The molecule has 0 spiro atoms. The van der Waals surface area contributed by atoms with E-state index in [0.717, 1.165) is 17.5 Å². The first-order chi connectivity index (χ1) is 9.58. The minimum absolute atomic E-state index is 0.483. The number of carbonyl (C=O) groups is 1. The molecule has 0 saturated carbocycles. The molecule has 20 heavy (non-hydrogen) atoms. The first-order valence-corrected chi connectivity index (χ1v) is 6.64. The van der Waals surface area contributed by atoms with Crippen LogP contribution in [0.4, 0.5) is 4.79 Å². The monoisotopic (exact) mass is 270 g/mol. The Bertz CT molecular complexity index is 600. The van der Waals surface area contributed by atoms with E-state index in [0.29, 0.717) is 11.5 Å². The van der Waals surface area contributed by atoms with E-state index in [1.807, 2.05) is 38.1 Å². The summed E-state index contributed by atoms with van der Waals surface area (Å²) in [5.74, 6) is 1.00. The summed E-state index contributed by atoms with van der Waals surface area (Å²) in [4.78, 5) is 11.7. The van der Waals surface area contributed by atoms with Crippen molar-refractivity contribution in [1.82, 2.24) is 0 Å². The summed E-state index contributed by atoms with van der Waals surface area (Å²) in [5, 5.41) is 0. The average Bonchev–Trinajstić information content (AvgIpc) is 2.43. The van der Waals surface area contributed by atoms with Gasteiger partial charge in [0.1, 0.15) is 11.5 Å². The number of carbonyl (C=O) groups excluding carboxylic acids is 1. The van der Waals surface area contributed by atoms with E-state index in [9.17, 15) is 4.79 Å². The Labute approximate surface area is 119 Å². The Balaban J connectivity index is 2.01. The van der Waals surface area contributed by atoms with Crippen LogP contribution in [0.25, 0.3) is 0 Å². The second kappa shape index (κ2) is 6.24. The highest BCUT2D eigenvalue weighted by atomic mass is 16.7. The third-order valence-corrected chi connectivity index (χ3v) is 3.06. The van der Waals surface area contributed by atoms with E-state index in [1.54, 1.807) is 18.2 Å². The van der Waals surface area contributed by atoms with Crippen molar-refractivity contribution in [2.75, 3.05) is 0 Å². The Morgan fingerprint density at radius 1 is 1.00 bits per heavy atom. The van der Waals surface area contributed by atoms with Gasteiger partial charge in [-0.3, -0.25) is 0 Å². The summed E-state index contributed by atoms with van der Waals surface area (Å²) in [6.45, 7) is 5.96. The van der Waals surface area contributed by atoms with Crippen LogP contribution in [0, 0.1) is 13.8 Å². The van der Waals surface area contributed by atoms with Crippen LogP contribution >= 0.6 is 0 Å². The summed E-state index contributed by atoms with van der Waals surface area (Å²) in [6.07, 6.45) is 0.231. The van der Waals surface area contributed by atoms with Gasteiger partial charge in [-0.25, -0.2) is 4.79 Å². The molecule has 0 atom stereocenters. The molecule has 2 aromatic carbocycles. The van der Waals surface area contributed by atoms with Crippen molar-refractivity contribution < 1.29 is 14.3 Å². The van der Waals surface area contributed by atoms with Crippen molar-refractivity contribution in [2.45, 2.75) is 27.2 Å². The smallest absolute Gasteiger partial charge is 0.395 e. The molecule has 3 nitrogen and oxygen atoms in total. The molecule has 3 heteroatoms. The van der Waals surface area contributed by atoms with E-state index in [1.165, 1.54) is 5.56 Å². The standard InChI is InChI=1S/C17H18O3/c1-4-14-6-8-15(9-7-14)19-17(18)20-16-10-5-12(2)11-13(16)3/h5-11H,4H2,1-3H3. The molecule has 2 rings (SSSR count). The predicted molar refractivity (Wildman–Crippen MR) is 78.4 cm³/mol. The van der Waals surface area contributed by atoms with Crippen LogP contribution < -0.4 is 9.47 Å². The molecule has 0 aliphatic carbocycles. The molecule has 0 N–H and O–H groups in total. The Morgan fingerprint density at radius 3 is 2.30 bits per heavy atom. The fourth-order valence-electron chi connectivity index (χ4n) is 1.91. The van der Waals surface area contributed by atoms with Gasteiger partial charge in [-0.05, 0) is 49.6 Å². The quantitative estimate of drug-likeness (QED) is 0.611. The van der Waals surface area contributed by atoms with Crippen LogP contribution in [0.15, 0.2) is 42.5 Å². The lowest BCUT2D eigenvalue weighted by Crippen LogP contribution is -2.14. The number of hydrogen-bond acceptors (Lipinski definition) is 3. The highest BCUT2D eigenvalue weighted by Gasteiger charge is 2.09. The number of hydrogen-bond donors (Lipinski definition) is 0. The van der Waals surface area contributed by atoms with Gasteiger partial charge in [-0.2, -0.15) is 0 Å². The van der Waals surface area contributed by atoms with Gasteiger partial charge in [-0.15, -0.1) is 0 Å². The summed E-state index contributed by atoms with van der Waals surface area (Å²) < 4.78 is 10.3. The Hall–Kier alpha value is -2.29. The van der Waals surface area contributed by atoms with Crippen LogP contribution in [-0.2, 0) is 6.42 Å². The fraction of sp³-hybridized carbons (Fsp3) is 0.235. The molecule has 104 valence electrons. The largest absolute Gasteiger partial charge is 0.519 e. The lowest BCUT2D eigenvalue weighted by molar-refractivity contribution is 0.151. The van der Waals surface area contributed by atoms with Gasteiger partial charge in [0, 0.05) is 0 Å². The van der Waals surface area contributed by atoms with E-state index in [-0.39, 0.29) is 0 Å². The van der Waals surface area contributed by atoms with Crippen molar-refractivity contribution >= 4 is 6.16 Å². The van der Waals surface area contributed by atoms with Crippen molar-refractivity contribution in [1.29, 1.82) is 0 Å². The molecule has 0 aliphatic rings. The first-order valence-electron chi connectivity index (χ1n) is 6.64. The second-order valence-corrected chi connectivity index (χ2v) is 4.72.